The van der Waals surface area contributed by atoms with Crippen LogP contribution >= 0.6 is 0 Å². The monoisotopic (exact) mass is 257 g/mol. The molecule has 2 unspecified atom stereocenters. The molecule has 1 N–H and O–H groups in total. The van der Waals surface area contributed by atoms with E-state index in [1.54, 1.807) is 0 Å². The molecule has 2 aromatic rings. The second-order valence-electron chi connectivity index (χ2n) is 5.80. The lowest BCUT2D eigenvalue weighted by molar-refractivity contribution is -0.119. The Morgan fingerprint density at radius 1 is 1.37 bits per heavy atom. The molecule has 100 valence electrons. The highest BCUT2D eigenvalue weighted by atomic mass is 16.3. The van der Waals surface area contributed by atoms with E-state index in [1.807, 2.05) is 24.3 Å². The third-order valence-corrected chi connectivity index (χ3v) is 3.77. The van der Waals surface area contributed by atoms with Gasteiger partial charge in [-0.2, -0.15) is 0 Å². The van der Waals surface area contributed by atoms with Crippen molar-refractivity contribution >= 4 is 16.9 Å². The molecule has 0 bridgehead atoms. The van der Waals surface area contributed by atoms with Crippen LogP contribution in [0.4, 0.5) is 0 Å². The summed E-state index contributed by atoms with van der Waals surface area (Å²) in [7, 11) is 0. The predicted molar refractivity (Wildman–Crippen MR) is 75.0 cm³/mol. The van der Waals surface area contributed by atoms with Gasteiger partial charge in [-0.15, -0.1) is 0 Å². The Hall–Kier alpha value is -1.77. The lowest BCUT2D eigenvalue weighted by Crippen LogP contribution is -2.29. The van der Waals surface area contributed by atoms with Gasteiger partial charge in [0.25, 0.3) is 0 Å². The molecule has 2 atom stereocenters. The molecule has 3 nitrogen and oxygen atoms in total. The van der Waals surface area contributed by atoms with E-state index in [9.17, 15) is 4.79 Å². The molecule has 1 aliphatic heterocycles. The summed E-state index contributed by atoms with van der Waals surface area (Å²) in [5.41, 5.74) is 0.903. The normalized spacial score (nSPS) is 23.2. The van der Waals surface area contributed by atoms with Crippen LogP contribution in [0.1, 0.15) is 38.4 Å². The molecule has 0 spiro atoms. The summed E-state index contributed by atoms with van der Waals surface area (Å²) < 4.78 is 5.92. The zero-order valence-electron chi connectivity index (χ0n) is 11.3. The zero-order chi connectivity index (χ0) is 13.4. The molecule has 1 aromatic heterocycles. The van der Waals surface area contributed by atoms with Gasteiger partial charge in [-0.25, -0.2) is 0 Å². The number of carbonyl (C=O) groups excluding carboxylic acids is 1. The summed E-state index contributed by atoms with van der Waals surface area (Å²) in [5.74, 6) is 1.80. The number of para-hydroxylation sites is 1. The maximum absolute atomic E-state index is 11.7. The zero-order valence-corrected chi connectivity index (χ0v) is 11.3. The van der Waals surface area contributed by atoms with Gasteiger partial charge in [-0.1, -0.05) is 32.0 Å². The number of hydrogen-bond acceptors (Lipinski definition) is 2. The predicted octanol–water partition coefficient (Wildman–Crippen LogP) is 3.45. The van der Waals surface area contributed by atoms with Crippen LogP contribution in [0.25, 0.3) is 11.0 Å². The Balaban J connectivity index is 1.92. The van der Waals surface area contributed by atoms with Crippen molar-refractivity contribution in [3.05, 3.63) is 36.1 Å². The van der Waals surface area contributed by atoms with Crippen LogP contribution in [-0.2, 0) is 4.79 Å². The molecule has 2 heterocycles. The van der Waals surface area contributed by atoms with Crippen molar-refractivity contribution in [1.82, 2.24) is 5.32 Å². The minimum absolute atomic E-state index is 0.135. The average molecular weight is 257 g/mol. The van der Waals surface area contributed by atoms with Crippen molar-refractivity contribution in [2.24, 2.45) is 5.92 Å². The van der Waals surface area contributed by atoms with E-state index in [2.05, 4.69) is 25.2 Å². The molecule has 1 aliphatic rings. The van der Waals surface area contributed by atoms with Gasteiger partial charge in [-0.3, -0.25) is 4.79 Å². The second kappa shape index (κ2) is 4.72. The SMILES string of the molecule is CC(C)CC1NC(=O)CC1c1cc2ccccc2o1. The Labute approximate surface area is 113 Å². The van der Waals surface area contributed by atoms with Gasteiger partial charge in [0.1, 0.15) is 11.3 Å². The summed E-state index contributed by atoms with van der Waals surface area (Å²) in [6.45, 7) is 4.36. The number of furan rings is 1. The highest BCUT2D eigenvalue weighted by Crippen LogP contribution is 2.34. The first kappa shape index (κ1) is 12.3. The molecule has 0 aliphatic carbocycles. The lowest BCUT2D eigenvalue weighted by atomic mass is 9.91. The Kier molecular flexibility index (Phi) is 3.05. The molecular formula is C16H19NO2. The standard InChI is InChI=1S/C16H19NO2/c1-10(2)7-13-12(9-16(18)17-13)15-8-11-5-3-4-6-14(11)19-15/h3-6,8,10,12-13H,7,9H2,1-2H3,(H,17,18). The van der Waals surface area contributed by atoms with Gasteiger partial charge in [0.05, 0.1) is 0 Å². The highest BCUT2D eigenvalue weighted by molar-refractivity contribution is 5.82. The van der Waals surface area contributed by atoms with Crippen molar-refractivity contribution in [2.75, 3.05) is 0 Å². The number of carbonyl (C=O) groups is 1. The van der Waals surface area contributed by atoms with E-state index in [0.717, 1.165) is 23.2 Å². The second-order valence-corrected chi connectivity index (χ2v) is 5.80. The van der Waals surface area contributed by atoms with E-state index < -0.39 is 0 Å². The Morgan fingerprint density at radius 3 is 2.89 bits per heavy atom. The molecule has 3 rings (SSSR count). The van der Waals surface area contributed by atoms with Gasteiger partial charge in [0, 0.05) is 23.8 Å². The van der Waals surface area contributed by atoms with Gasteiger partial charge in [-0.05, 0) is 24.5 Å². The van der Waals surface area contributed by atoms with Gasteiger partial charge >= 0.3 is 0 Å². The molecule has 1 amide bonds. The average Bonchev–Trinajstić information content (AvgIpc) is 2.91. The van der Waals surface area contributed by atoms with Gasteiger partial charge in [0.2, 0.25) is 5.91 Å². The van der Waals surface area contributed by atoms with Crippen molar-refractivity contribution in [1.29, 1.82) is 0 Å². The first-order valence-electron chi connectivity index (χ1n) is 6.91. The number of benzene rings is 1. The van der Waals surface area contributed by atoms with Crippen molar-refractivity contribution in [3.63, 3.8) is 0 Å². The van der Waals surface area contributed by atoms with Crippen LogP contribution in [0.5, 0.6) is 0 Å². The first-order chi connectivity index (χ1) is 9.13. The smallest absolute Gasteiger partial charge is 0.221 e. The molecule has 1 fully saturated rings. The van der Waals surface area contributed by atoms with E-state index >= 15 is 0 Å². The van der Waals surface area contributed by atoms with Crippen LogP contribution in [0.3, 0.4) is 0 Å². The fourth-order valence-corrected chi connectivity index (χ4v) is 2.92. The largest absolute Gasteiger partial charge is 0.461 e. The van der Waals surface area contributed by atoms with Crippen molar-refractivity contribution in [2.45, 2.75) is 38.6 Å². The topological polar surface area (TPSA) is 42.2 Å². The van der Waals surface area contributed by atoms with Crippen LogP contribution in [-0.4, -0.2) is 11.9 Å². The number of amides is 1. The molecule has 0 radical (unpaired) electrons. The maximum atomic E-state index is 11.7. The molecule has 1 aromatic carbocycles. The summed E-state index contributed by atoms with van der Waals surface area (Å²) in [6.07, 6.45) is 1.53. The molecule has 19 heavy (non-hydrogen) atoms. The third-order valence-electron chi connectivity index (χ3n) is 3.77. The molecule has 1 saturated heterocycles. The number of fused-ring (bicyclic) bond motifs is 1. The summed E-state index contributed by atoms with van der Waals surface area (Å²) in [5, 5.41) is 4.19. The maximum Gasteiger partial charge on any atom is 0.221 e. The van der Waals surface area contributed by atoms with Crippen LogP contribution in [0, 0.1) is 5.92 Å². The molecule has 3 heteroatoms. The number of nitrogens with one attached hydrogen (secondary N) is 1. The van der Waals surface area contributed by atoms with E-state index in [4.69, 9.17) is 4.42 Å². The first-order valence-corrected chi connectivity index (χ1v) is 6.91. The van der Waals surface area contributed by atoms with Crippen molar-refractivity contribution < 1.29 is 9.21 Å². The third kappa shape index (κ3) is 2.37. The fourth-order valence-electron chi connectivity index (χ4n) is 2.92. The van der Waals surface area contributed by atoms with E-state index in [-0.39, 0.29) is 17.9 Å². The minimum Gasteiger partial charge on any atom is -0.461 e. The van der Waals surface area contributed by atoms with E-state index in [1.165, 1.54) is 0 Å². The number of rotatable bonds is 3. The van der Waals surface area contributed by atoms with Crippen molar-refractivity contribution in [3.8, 4) is 0 Å². The van der Waals surface area contributed by atoms with Crippen LogP contribution in [0.15, 0.2) is 34.7 Å². The Morgan fingerprint density at radius 2 is 2.16 bits per heavy atom. The number of hydrogen-bond donors (Lipinski definition) is 1. The Bertz CT molecular complexity index is 567. The van der Waals surface area contributed by atoms with E-state index in [0.29, 0.717) is 12.3 Å². The van der Waals surface area contributed by atoms with Crippen LogP contribution < -0.4 is 5.32 Å². The highest BCUT2D eigenvalue weighted by Gasteiger charge is 2.35. The van der Waals surface area contributed by atoms with Gasteiger partial charge < -0.3 is 9.73 Å². The summed E-state index contributed by atoms with van der Waals surface area (Å²) in [6, 6.07) is 10.3. The van der Waals surface area contributed by atoms with Gasteiger partial charge in [0.15, 0.2) is 0 Å². The quantitative estimate of drug-likeness (QED) is 0.915. The molecular weight excluding hydrogens is 238 g/mol. The van der Waals surface area contributed by atoms with Crippen LogP contribution in [0.2, 0.25) is 0 Å². The minimum atomic E-state index is 0.135. The fraction of sp³-hybridized carbons (Fsp3) is 0.438. The summed E-state index contributed by atoms with van der Waals surface area (Å²) >= 11 is 0. The summed E-state index contributed by atoms with van der Waals surface area (Å²) in [4.78, 5) is 11.7. The molecule has 0 saturated carbocycles. The lowest BCUT2D eigenvalue weighted by Gasteiger charge is -2.18.